The van der Waals surface area contributed by atoms with E-state index in [9.17, 15) is 13.6 Å². The highest BCUT2D eigenvalue weighted by Crippen LogP contribution is 2.13. The monoisotopic (exact) mass is 358 g/mol. The number of carbonyl (C=O) groups excluding carboxylic acids is 1. The molecule has 0 bridgehead atoms. The second-order valence-corrected chi connectivity index (χ2v) is 5.56. The SMILES string of the molecule is O=C(Cn1cc(COc2cccc(F)c2)nn1)NCc1cccc(F)c1. The third-order valence-corrected chi connectivity index (χ3v) is 3.45. The lowest BCUT2D eigenvalue weighted by Crippen LogP contribution is -2.27. The quantitative estimate of drug-likeness (QED) is 0.704. The van der Waals surface area contributed by atoms with Gasteiger partial charge in [-0.2, -0.15) is 0 Å². The van der Waals surface area contributed by atoms with Crippen LogP contribution in [0.25, 0.3) is 0 Å². The topological polar surface area (TPSA) is 69.0 Å². The number of nitrogens with one attached hydrogen (secondary N) is 1. The minimum Gasteiger partial charge on any atom is -0.487 e. The third-order valence-electron chi connectivity index (χ3n) is 3.45. The summed E-state index contributed by atoms with van der Waals surface area (Å²) in [5.74, 6) is -0.638. The second kappa shape index (κ2) is 8.19. The molecule has 3 rings (SSSR count). The van der Waals surface area contributed by atoms with Gasteiger partial charge in [-0.25, -0.2) is 13.5 Å². The normalized spacial score (nSPS) is 10.5. The summed E-state index contributed by atoms with van der Waals surface area (Å²) in [6.07, 6.45) is 1.57. The minimum absolute atomic E-state index is 0.0255. The summed E-state index contributed by atoms with van der Waals surface area (Å²) >= 11 is 0. The van der Waals surface area contributed by atoms with E-state index in [4.69, 9.17) is 4.74 Å². The maximum absolute atomic E-state index is 13.1. The van der Waals surface area contributed by atoms with Gasteiger partial charge in [-0.1, -0.05) is 23.4 Å². The molecule has 1 N–H and O–H groups in total. The molecule has 0 atom stereocenters. The molecule has 2 aromatic carbocycles. The Labute approximate surface area is 148 Å². The number of nitrogens with zero attached hydrogens (tertiary/aromatic N) is 3. The molecule has 0 spiro atoms. The summed E-state index contributed by atoms with van der Waals surface area (Å²) in [5.41, 5.74) is 1.17. The van der Waals surface area contributed by atoms with Crippen LogP contribution in [0.5, 0.6) is 5.75 Å². The predicted octanol–water partition coefficient (Wildman–Crippen LogP) is 2.45. The Balaban J connectivity index is 1.47. The lowest BCUT2D eigenvalue weighted by Gasteiger charge is -2.05. The summed E-state index contributed by atoms with van der Waals surface area (Å²) in [5, 5.41) is 10.4. The van der Waals surface area contributed by atoms with Crippen LogP contribution in [0.3, 0.4) is 0 Å². The molecular formula is C18H16F2N4O2. The van der Waals surface area contributed by atoms with Crippen molar-refractivity contribution in [2.24, 2.45) is 0 Å². The Morgan fingerprint density at radius 2 is 1.88 bits per heavy atom. The van der Waals surface area contributed by atoms with Crippen LogP contribution in [0.4, 0.5) is 8.78 Å². The molecule has 0 aliphatic carbocycles. The third kappa shape index (κ3) is 5.10. The van der Waals surface area contributed by atoms with Gasteiger partial charge in [-0.3, -0.25) is 4.79 Å². The van der Waals surface area contributed by atoms with Gasteiger partial charge in [0, 0.05) is 12.6 Å². The molecule has 8 heteroatoms. The van der Waals surface area contributed by atoms with Gasteiger partial charge in [-0.15, -0.1) is 5.10 Å². The molecule has 3 aromatic rings. The second-order valence-electron chi connectivity index (χ2n) is 5.56. The largest absolute Gasteiger partial charge is 0.487 e. The van der Waals surface area contributed by atoms with Gasteiger partial charge < -0.3 is 10.1 Å². The number of rotatable bonds is 7. The van der Waals surface area contributed by atoms with E-state index in [-0.39, 0.29) is 37.2 Å². The van der Waals surface area contributed by atoms with Crippen LogP contribution in [-0.2, 0) is 24.5 Å². The number of halogens is 2. The molecule has 26 heavy (non-hydrogen) atoms. The number of carbonyl (C=O) groups is 1. The van der Waals surface area contributed by atoms with Crippen LogP contribution in [0.1, 0.15) is 11.3 Å². The van der Waals surface area contributed by atoms with Crippen LogP contribution in [-0.4, -0.2) is 20.9 Å². The van der Waals surface area contributed by atoms with Crippen molar-refractivity contribution in [1.29, 1.82) is 0 Å². The van der Waals surface area contributed by atoms with E-state index in [0.29, 0.717) is 17.0 Å². The standard InChI is InChI=1S/C18H16F2N4O2/c19-14-4-1-3-13(7-14)9-21-18(25)11-24-10-16(22-23-24)12-26-17-6-2-5-15(20)8-17/h1-8,10H,9,11-12H2,(H,21,25). The molecule has 134 valence electrons. The van der Waals surface area contributed by atoms with Crippen LogP contribution >= 0.6 is 0 Å². The average molecular weight is 358 g/mol. The van der Waals surface area contributed by atoms with Crippen molar-refractivity contribution >= 4 is 5.91 Å². The fraction of sp³-hybridized carbons (Fsp3) is 0.167. The number of amides is 1. The number of aromatic nitrogens is 3. The number of hydrogen-bond acceptors (Lipinski definition) is 4. The number of benzene rings is 2. The Morgan fingerprint density at radius 3 is 2.65 bits per heavy atom. The first-order valence-corrected chi connectivity index (χ1v) is 7.87. The van der Waals surface area contributed by atoms with E-state index in [1.807, 2.05) is 0 Å². The highest BCUT2D eigenvalue weighted by atomic mass is 19.1. The van der Waals surface area contributed by atoms with Gasteiger partial charge >= 0.3 is 0 Å². The molecular weight excluding hydrogens is 342 g/mol. The summed E-state index contributed by atoms with van der Waals surface area (Å²) < 4.78 is 33.0. The highest BCUT2D eigenvalue weighted by molar-refractivity contribution is 5.75. The fourth-order valence-corrected chi connectivity index (χ4v) is 2.25. The summed E-state index contributed by atoms with van der Waals surface area (Å²) in [6.45, 7) is 0.303. The van der Waals surface area contributed by atoms with Crippen LogP contribution in [0.15, 0.2) is 54.7 Å². The van der Waals surface area contributed by atoms with Crippen molar-refractivity contribution in [3.8, 4) is 5.75 Å². The molecule has 1 amide bonds. The van der Waals surface area contributed by atoms with E-state index in [1.54, 1.807) is 30.5 Å². The number of ether oxygens (including phenoxy) is 1. The molecule has 1 aromatic heterocycles. The van der Waals surface area contributed by atoms with E-state index in [1.165, 1.54) is 28.9 Å². The van der Waals surface area contributed by atoms with Crippen molar-refractivity contribution in [2.45, 2.75) is 19.7 Å². The summed E-state index contributed by atoms with van der Waals surface area (Å²) in [4.78, 5) is 11.9. The lowest BCUT2D eigenvalue weighted by atomic mass is 10.2. The Bertz CT molecular complexity index is 898. The molecule has 6 nitrogen and oxygen atoms in total. The van der Waals surface area contributed by atoms with Gasteiger partial charge in [0.1, 0.15) is 36.2 Å². The molecule has 1 heterocycles. The smallest absolute Gasteiger partial charge is 0.242 e. The van der Waals surface area contributed by atoms with Crippen LogP contribution < -0.4 is 10.1 Å². The van der Waals surface area contributed by atoms with Crippen molar-refractivity contribution in [3.05, 3.63) is 77.6 Å². The van der Waals surface area contributed by atoms with Crippen molar-refractivity contribution in [1.82, 2.24) is 20.3 Å². The van der Waals surface area contributed by atoms with E-state index < -0.39 is 0 Å². The van der Waals surface area contributed by atoms with Gasteiger partial charge in [0.25, 0.3) is 0 Å². The Hall–Kier alpha value is -3.29. The van der Waals surface area contributed by atoms with Crippen molar-refractivity contribution in [3.63, 3.8) is 0 Å². The molecule has 0 radical (unpaired) electrons. The summed E-state index contributed by atoms with van der Waals surface area (Å²) in [6, 6.07) is 11.8. The van der Waals surface area contributed by atoms with E-state index in [0.717, 1.165) is 0 Å². The molecule has 0 saturated carbocycles. The van der Waals surface area contributed by atoms with Gasteiger partial charge in [-0.05, 0) is 29.8 Å². The van der Waals surface area contributed by atoms with E-state index in [2.05, 4.69) is 15.6 Å². The molecule has 0 unspecified atom stereocenters. The molecule has 0 fully saturated rings. The van der Waals surface area contributed by atoms with Gasteiger partial charge in [0.2, 0.25) is 5.91 Å². The van der Waals surface area contributed by atoms with Gasteiger partial charge in [0.05, 0.1) is 6.20 Å². The zero-order chi connectivity index (χ0) is 18.4. The van der Waals surface area contributed by atoms with Crippen LogP contribution in [0.2, 0.25) is 0 Å². The average Bonchev–Trinajstić information content (AvgIpc) is 3.06. The minimum atomic E-state index is -0.388. The number of hydrogen-bond donors (Lipinski definition) is 1. The maximum atomic E-state index is 13.1. The van der Waals surface area contributed by atoms with Crippen molar-refractivity contribution in [2.75, 3.05) is 0 Å². The first-order valence-electron chi connectivity index (χ1n) is 7.87. The van der Waals surface area contributed by atoms with Crippen molar-refractivity contribution < 1.29 is 18.3 Å². The Kier molecular flexibility index (Phi) is 5.52. The Morgan fingerprint density at radius 1 is 1.12 bits per heavy atom. The molecule has 0 aliphatic rings. The van der Waals surface area contributed by atoms with E-state index >= 15 is 0 Å². The predicted molar refractivity (Wildman–Crippen MR) is 89.0 cm³/mol. The molecule has 0 saturated heterocycles. The first-order chi connectivity index (χ1) is 12.6. The maximum Gasteiger partial charge on any atom is 0.242 e. The van der Waals surface area contributed by atoms with Crippen LogP contribution in [0, 0.1) is 11.6 Å². The van der Waals surface area contributed by atoms with Gasteiger partial charge in [0.15, 0.2) is 0 Å². The first kappa shape index (κ1) is 17.5. The zero-order valence-corrected chi connectivity index (χ0v) is 13.7. The molecule has 0 aliphatic heterocycles. The highest BCUT2D eigenvalue weighted by Gasteiger charge is 2.07. The summed E-state index contributed by atoms with van der Waals surface area (Å²) in [7, 11) is 0. The lowest BCUT2D eigenvalue weighted by molar-refractivity contribution is -0.122. The fourth-order valence-electron chi connectivity index (χ4n) is 2.25. The zero-order valence-electron chi connectivity index (χ0n) is 13.7.